The number of aliphatic imine (C=N–C) groups is 1. The molecular formula is C24H37IN4O3. The van der Waals surface area contributed by atoms with E-state index in [1.165, 1.54) is 11.1 Å². The minimum atomic E-state index is 0. The van der Waals surface area contributed by atoms with Gasteiger partial charge < -0.3 is 29.7 Å². The van der Waals surface area contributed by atoms with Gasteiger partial charge in [0.1, 0.15) is 0 Å². The molecule has 0 saturated carbocycles. The third-order valence-corrected chi connectivity index (χ3v) is 5.27. The molecular weight excluding hydrogens is 519 g/mol. The Labute approximate surface area is 209 Å². The summed E-state index contributed by atoms with van der Waals surface area (Å²) in [6, 6.07) is 12.9. The first kappa shape index (κ1) is 27.8. The summed E-state index contributed by atoms with van der Waals surface area (Å²) < 4.78 is 16.3. The molecule has 7 nitrogen and oxygen atoms in total. The molecule has 178 valence electrons. The summed E-state index contributed by atoms with van der Waals surface area (Å²) >= 11 is 0. The predicted octanol–water partition coefficient (Wildman–Crippen LogP) is 3.86. The molecule has 0 aliphatic heterocycles. The Morgan fingerprint density at radius 3 is 1.97 bits per heavy atom. The van der Waals surface area contributed by atoms with Crippen LogP contribution in [0, 0.1) is 0 Å². The number of rotatable bonds is 10. The first-order valence-electron chi connectivity index (χ1n) is 10.5. The lowest BCUT2D eigenvalue weighted by atomic mass is 10.0. The number of ether oxygens (including phenoxy) is 3. The normalized spacial score (nSPS) is 12.1. The Hall–Kier alpha value is -2.20. The summed E-state index contributed by atoms with van der Waals surface area (Å²) in [5.74, 6) is 2.57. The second kappa shape index (κ2) is 14.1. The SMILES string of the molecule is CCc1ccc(C(CNC(=NC)NCc2cc(OC)c(OC)c(OC)c2)N(C)C)cc1.I. The number of halogens is 1. The summed E-state index contributed by atoms with van der Waals surface area (Å²) in [7, 11) is 10.8. The molecule has 1 unspecified atom stereocenters. The molecule has 2 N–H and O–H groups in total. The van der Waals surface area contributed by atoms with Crippen LogP contribution in [0.4, 0.5) is 0 Å². The molecule has 2 rings (SSSR count). The van der Waals surface area contributed by atoms with Gasteiger partial charge in [0.25, 0.3) is 0 Å². The maximum atomic E-state index is 5.44. The lowest BCUT2D eigenvalue weighted by Crippen LogP contribution is -2.41. The Bertz CT molecular complexity index is 832. The zero-order chi connectivity index (χ0) is 22.8. The van der Waals surface area contributed by atoms with E-state index in [1.807, 2.05) is 12.1 Å². The molecule has 1 atom stereocenters. The maximum Gasteiger partial charge on any atom is 0.203 e. The van der Waals surface area contributed by atoms with Crippen LogP contribution < -0.4 is 24.8 Å². The van der Waals surface area contributed by atoms with Crippen molar-refractivity contribution in [3.63, 3.8) is 0 Å². The highest BCUT2D eigenvalue weighted by molar-refractivity contribution is 14.0. The smallest absolute Gasteiger partial charge is 0.203 e. The minimum Gasteiger partial charge on any atom is -0.493 e. The van der Waals surface area contributed by atoms with Crippen molar-refractivity contribution in [1.82, 2.24) is 15.5 Å². The van der Waals surface area contributed by atoms with Crippen LogP contribution >= 0.6 is 24.0 Å². The number of guanidine groups is 1. The van der Waals surface area contributed by atoms with E-state index in [-0.39, 0.29) is 30.0 Å². The van der Waals surface area contributed by atoms with Crippen molar-refractivity contribution in [2.45, 2.75) is 25.9 Å². The van der Waals surface area contributed by atoms with Crippen molar-refractivity contribution in [3.8, 4) is 17.2 Å². The number of nitrogens with zero attached hydrogens (tertiary/aromatic N) is 2. The van der Waals surface area contributed by atoms with Gasteiger partial charge in [0.05, 0.1) is 27.4 Å². The molecule has 0 aliphatic carbocycles. The van der Waals surface area contributed by atoms with E-state index in [9.17, 15) is 0 Å². The molecule has 0 saturated heterocycles. The average Bonchev–Trinajstić information content (AvgIpc) is 2.80. The lowest BCUT2D eigenvalue weighted by molar-refractivity contribution is 0.298. The van der Waals surface area contributed by atoms with E-state index in [0.29, 0.717) is 23.8 Å². The van der Waals surface area contributed by atoms with Crippen molar-refractivity contribution >= 4 is 29.9 Å². The highest BCUT2D eigenvalue weighted by Gasteiger charge is 2.16. The molecule has 0 fully saturated rings. The fraction of sp³-hybridized carbons (Fsp3) is 0.458. The van der Waals surface area contributed by atoms with Gasteiger partial charge in [-0.05, 0) is 49.3 Å². The molecule has 2 aromatic carbocycles. The summed E-state index contributed by atoms with van der Waals surface area (Å²) in [6.45, 7) is 3.46. The van der Waals surface area contributed by atoms with Gasteiger partial charge in [0, 0.05) is 20.1 Å². The zero-order valence-electron chi connectivity index (χ0n) is 20.2. The molecule has 0 bridgehead atoms. The third kappa shape index (κ3) is 7.44. The van der Waals surface area contributed by atoms with Crippen molar-refractivity contribution in [2.75, 3.05) is 49.0 Å². The van der Waals surface area contributed by atoms with Crippen LogP contribution in [-0.2, 0) is 13.0 Å². The number of hydrogen-bond donors (Lipinski definition) is 2. The van der Waals surface area contributed by atoms with E-state index < -0.39 is 0 Å². The number of methoxy groups -OCH3 is 3. The molecule has 0 aromatic heterocycles. The third-order valence-electron chi connectivity index (χ3n) is 5.27. The molecule has 0 spiro atoms. The van der Waals surface area contributed by atoms with Crippen LogP contribution in [-0.4, -0.2) is 59.9 Å². The lowest BCUT2D eigenvalue weighted by Gasteiger charge is -2.26. The van der Waals surface area contributed by atoms with Crippen molar-refractivity contribution in [2.24, 2.45) is 4.99 Å². The topological polar surface area (TPSA) is 67.4 Å². The second-order valence-corrected chi connectivity index (χ2v) is 7.41. The molecule has 0 heterocycles. The quantitative estimate of drug-likeness (QED) is 0.263. The Kier molecular flexibility index (Phi) is 12.2. The Morgan fingerprint density at radius 1 is 0.938 bits per heavy atom. The van der Waals surface area contributed by atoms with Crippen molar-refractivity contribution < 1.29 is 14.2 Å². The monoisotopic (exact) mass is 556 g/mol. The predicted molar refractivity (Wildman–Crippen MR) is 142 cm³/mol. The second-order valence-electron chi connectivity index (χ2n) is 7.41. The Morgan fingerprint density at radius 2 is 1.53 bits per heavy atom. The largest absolute Gasteiger partial charge is 0.493 e. The maximum absolute atomic E-state index is 5.44. The fourth-order valence-corrected chi connectivity index (χ4v) is 3.41. The van der Waals surface area contributed by atoms with E-state index in [1.54, 1.807) is 28.4 Å². The van der Waals surface area contributed by atoms with E-state index in [0.717, 1.165) is 24.5 Å². The molecule has 32 heavy (non-hydrogen) atoms. The van der Waals surface area contributed by atoms with E-state index >= 15 is 0 Å². The number of likely N-dealkylation sites (N-methyl/N-ethyl adjacent to an activating group) is 1. The van der Waals surface area contributed by atoms with Crippen LogP contribution in [0.3, 0.4) is 0 Å². The van der Waals surface area contributed by atoms with Gasteiger partial charge in [0.15, 0.2) is 17.5 Å². The van der Waals surface area contributed by atoms with Gasteiger partial charge in [-0.3, -0.25) is 4.99 Å². The van der Waals surface area contributed by atoms with Gasteiger partial charge in [-0.1, -0.05) is 31.2 Å². The van der Waals surface area contributed by atoms with Crippen LogP contribution in [0.25, 0.3) is 0 Å². The molecule has 0 aliphatic rings. The van der Waals surface area contributed by atoms with Crippen molar-refractivity contribution in [3.05, 3.63) is 53.1 Å². The number of nitrogens with one attached hydrogen (secondary N) is 2. The van der Waals surface area contributed by atoms with E-state index in [2.05, 4.69) is 65.8 Å². The number of benzene rings is 2. The van der Waals surface area contributed by atoms with Gasteiger partial charge in [0.2, 0.25) is 5.75 Å². The standard InChI is InChI=1S/C24H36N4O3.HI/c1-8-17-9-11-19(12-10-17)20(28(3)4)16-27-24(25-2)26-15-18-13-21(29-5)23(31-7)22(14-18)30-6;/h9-14,20H,8,15-16H2,1-7H3,(H2,25,26,27);1H. The number of hydrogen-bond acceptors (Lipinski definition) is 5. The van der Waals surface area contributed by atoms with Gasteiger partial charge in [-0.15, -0.1) is 24.0 Å². The molecule has 2 aromatic rings. The Balaban J connectivity index is 0.00000512. The highest BCUT2D eigenvalue weighted by atomic mass is 127. The van der Waals surface area contributed by atoms with E-state index in [4.69, 9.17) is 14.2 Å². The minimum absolute atomic E-state index is 0. The molecule has 8 heteroatoms. The number of aryl methyl sites for hydroxylation is 1. The first-order valence-corrected chi connectivity index (χ1v) is 10.5. The average molecular weight is 556 g/mol. The summed E-state index contributed by atoms with van der Waals surface area (Å²) in [6.07, 6.45) is 1.04. The highest BCUT2D eigenvalue weighted by Crippen LogP contribution is 2.38. The molecule has 0 radical (unpaired) electrons. The first-order chi connectivity index (χ1) is 15.0. The van der Waals surface area contributed by atoms with Crippen LogP contribution in [0.5, 0.6) is 17.2 Å². The summed E-state index contributed by atoms with van der Waals surface area (Å²) in [4.78, 5) is 6.57. The van der Waals surface area contributed by atoms with Gasteiger partial charge >= 0.3 is 0 Å². The zero-order valence-corrected chi connectivity index (χ0v) is 22.5. The molecule has 0 amide bonds. The van der Waals surface area contributed by atoms with Gasteiger partial charge in [-0.25, -0.2) is 0 Å². The van der Waals surface area contributed by atoms with Crippen LogP contribution in [0.15, 0.2) is 41.4 Å². The summed E-state index contributed by atoms with van der Waals surface area (Å²) in [5.41, 5.74) is 3.61. The van der Waals surface area contributed by atoms with Crippen molar-refractivity contribution in [1.29, 1.82) is 0 Å². The fourth-order valence-electron chi connectivity index (χ4n) is 3.41. The van der Waals surface area contributed by atoms with Gasteiger partial charge in [-0.2, -0.15) is 0 Å². The van der Waals surface area contributed by atoms with Crippen LogP contribution in [0.2, 0.25) is 0 Å². The summed E-state index contributed by atoms with van der Waals surface area (Å²) in [5, 5.41) is 6.80. The van der Waals surface area contributed by atoms with Crippen LogP contribution in [0.1, 0.15) is 29.7 Å².